The summed E-state index contributed by atoms with van der Waals surface area (Å²) in [5.74, 6) is 2.52. The smallest absolute Gasteiger partial charge is 0.0207 e. The van der Waals surface area contributed by atoms with Gasteiger partial charge in [0, 0.05) is 4.91 Å². The molecule has 1 heterocycles. The first kappa shape index (κ1) is 10.2. The minimum absolute atomic E-state index is 1.26. The van der Waals surface area contributed by atoms with E-state index in [0.29, 0.717) is 0 Å². The Morgan fingerprint density at radius 3 is 2.64 bits per heavy atom. The van der Waals surface area contributed by atoms with Gasteiger partial charge in [-0.05, 0) is 35.8 Å². The van der Waals surface area contributed by atoms with Crippen LogP contribution >= 0.6 is 23.5 Å². The van der Waals surface area contributed by atoms with Crippen LogP contribution in [0.3, 0.4) is 0 Å². The summed E-state index contributed by atoms with van der Waals surface area (Å²) in [6, 6.07) is 8.82. The van der Waals surface area contributed by atoms with Crippen molar-refractivity contribution >= 4 is 28.4 Å². The van der Waals surface area contributed by atoms with Gasteiger partial charge in [0.2, 0.25) is 0 Å². The van der Waals surface area contributed by atoms with E-state index in [1.165, 1.54) is 34.0 Å². The minimum atomic E-state index is 1.26. The SMILES string of the molecule is Cc1ccc(C2=CSCCCS2)cc1. The van der Waals surface area contributed by atoms with Crippen molar-refractivity contribution in [2.45, 2.75) is 13.3 Å². The van der Waals surface area contributed by atoms with Crippen molar-refractivity contribution < 1.29 is 0 Å². The fourth-order valence-corrected chi connectivity index (χ4v) is 3.55. The van der Waals surface area contributed by atoms with Crippen molar-refractivity contribution in [3.05, 3.63) is 40.8 Å². The molecule has 1 aromatic rings. The van der Waals surface area contributed by atoms with Crippen LogP contribution in [0.15, 0.2) is 29.7 Å². The van der Waals surface area contributed by atoms with E-state index in [9.17, 15) is 0 Å². The maximum atomic E-state index is 2.31. The topological polar surface area (TPSA) is 0 Å². The quantitative estimate of drug-likeness (QED) is 0.699. The Kier molecular flexibility index (Phi) is 3.60. The molecule has 0 aliphatic carbocycles. The van der Waals surface area contributed by atoms with Crippen LogP contribution in [-0.2, 0) is 0 Å². The monoisotopic (exact) mass is 222 g/mol. The van der Waals surface area contributed by atoms with Gasteiger partial charge >= 0.3 is 0 Å². The first-order chi connectivity index (χ1) is 6.86. The molecule has 0 radical (unpaired) electrons. The largest absolute Gasteiger partial charge is 0.133 e. The minimum Gasteiger partial charge on any atom is -0.133 e. The van der Waals surface area contributed by atoms with Gasteiger partial charge in [0.05, 0.1) is 0 Å². The van der Waals surface area contributed by atoms with E-state index in [4.69, 9.17) is 0 Å². The molecule has 0 unspecified atom stereocenters. The molecule has 0 amide bonds. The van der Waals surface area contributed by atoms with Crippen LogP contribution in [0.2, 0.25) is 0 Å². The highest BCUT2D eigenvalue weighted by atomic mass is 32.2. The molecule has 0 saturated carbocycles. The molecule has 0 aromatic heterocycles. The summed E-state index contributed by atoms with van der Waals surface area (Å²) in [6.07, 6.45) is 1.32. The molecule has 14 heavy (non-hydrogen) atoms. The van der Waals surface area contributed by atoms with Crippen LogP contribution in [0, 0.1) is 6.92 Å². The van der Waals surface area contributed by atoms with Crippen molar-refractivity contribution in [3.8, 4) is 0 Å². The lowest BCUT2D eigenvalue weighted by Crippen LogP contribution is -1.81. The second-order valence-corrected chi connectivity index (χ2v) is 5.53. The molecule has 2 rings (SSSR count). The Hall–Kier alpha value is -0.340. The van der Waals surface area contributed by atoms with Crippen molar-refractivity contribution in [1.29, 1.82) is 0 Å². The fourth-order valence-electron chi connectivity index (χ4n) is 1.36. The number of aryl methyl sites for hydroxylation is 1. The van der Waals surface area contributed by atoms with E-state index in [1.807, 2.05) is 23.5 Å². The van der Waals surface area contributed by atoms with Gasteiger partial charge in [-0.3, -0.25) is 0 Å². The Morgan fingerprint density at radius 2 is 1.86 bits per heavy atom. The zero-order valence-electron chi connectivity index (χ0n) is 8.32. The van der Waals surface area contributed by atoms with Gasteiger partial charge in [0.15, 0.2) is 0 Å². The molecule has 0 N–H and O–H groups in total. The van der Waals surface area contributed by atoms with Crippen molar-refractivity contribution in [1.82, 2.24) is 0 Å². The molecule has 1 aromatic carbocycles. The van der Waals surface area contributed by atoms with Crippen LogP contribution in [0.4, 0.5) is 0 Å². The summed E-state index contributed by atoms with van der Waals surface area (Å²) in [4.78, 5) is 1.44. The number of benzene rings is 1. The van der Waals surface area contributed by atoms with Crippen molar-refractivity contribution in [2.24, 2.45) is 0 Å². The zero-order chi connectivity index (χ0) is 9.80. The Bertz CT molecular complexity index is 325. The molecule has 0 saturated heterocycles. The van der Waals surface area contributed by atoms with Gasteiger partial charge in [-0.1, -0.05) is 29.8 Å². The number of hydrogen-bond acceptors (Lipinski definition) is 2. The molecular formula is C12H14S2. The molecular weight excluding hydrogens is 208 g/mol. The van der Waals surface area contributed by atoms with Crippen LogP contribution in [0.1, 0.15) is 17.5 Å². The normalized spacial score (nSPS) is 17.4. The highest BCUT2D eigenvalue weighted by Crippen LogP contribution is 2.33. The van der Waals surface area contributed by atoms with Gasteiger partial charge in [0.25, 0.3) is 0 Å². The maximum Gasteiger partial charge on any atom is 0.0207 e. The van der Waals surface area contributed by atoms with Crippen LogP contribution < -0.4 is 0 Å². The van der Waals surface area contributed by atoms with E-state index in [1.54, 1.807) is 0 Å². The van der Waals surface area contributed by atoms with E-state index in [0.717, 1.165) is 0 Å². The predicted molar refractivity (Wildman–Crippen MR) is 68.7 cm³/mol. The van der Waals surface area contributed by atoms with E-state index in [-0.39, 0.29) is 0 Å². The van der Waals surface area contributed by atoms with Crippen molar-refractivity contribution in [3.63, 3.8) is 0 Å². The lowest BCUT2D eigenvalue weighted by Gasteiger charge is -2.04. The summed E-state index contributed by atoms with van der Waals surface area (Å²) in [6.45, 7) is 2.13. The number of thioether (sulfide) groups is 2. The van der Waals surface area contributed by atoms with Crippen molar-refractivity contribution in [2.75, 3.05) is 11.5 Å². The third-order valence-corrected chi connectivity index (χ3v) is 4.42. The van der Waals surface area contributed by atoms with Gasteiger partial charge in [-0.2, -0.15) is 0 Å². The average Bonchev–Trinajstić information content (AvgIpc) is 2.47. The van der Waals surface area contributed by atoms with E-state index in [2.05, 4.69) is 36.6 Å². The zero-order valence-corrected chi connectivity index (χ0v) is 9.96. The standard InChI is InChI=1S/C12H14S2/c1-10-3-5-11(6-4-10)12-9-13-7-2-8-14-12/h3-6,9H,2,7-8H2,1H3. The molecule has 2 heteroatoms. The number of hydrogen-bond donors (Lipinski definition) is 0. The van der Waals surface area contributed by atoms with Gasteiger partial charge in [-0.15, -0.1) is 23.5 Å². The first-order valence-electron chi connectivity index (χ1n) is 4.88. The molecule has 1 aliphatic rings. The van der Waals surface area contributed by atoms with Gasteiger partial charge < -0.3 is 0 Å². The van der Waals surface area contributed by atoms with Crippen LogP contribution in [-0.4, -0.2) is 11.5 Å². The summed E-state index contributed by atoms with van der Waals surface area (Å²) in [7, 11) is 0. The first-order valence-corrected chi connectivity index (χ1v) is 6.91. The third kappa shape index (κ3) is 2.58. The third-order valence-electron chi connectivity index (χ3n) is 2.19. The lowest BCUT2D eigenvalue weighted by molar-refractivity contribution is 1.13. The van der Waals surface area contributed by atoms with E-state index >= 15 is 0 Å². The molecule has 0 nitrogen and oxygen atoms in total. The summed E-state index contributed by atoms with van der Waals surface area (Å²) >= 11 is 3.92. The second-order valence-electron chi connectivity index (χ2n) is 3.42. The highest BCUT2D eigenvalue weighted by molar-refractivity contribution is 8.10. The molecule has 0 atom stereocenters. The fraction of sp³-hybridized carbons (Fsp3) is 0.333. The Balaban J connectivity index is 2.20. The summed E-state index contributed by atoms with van der Waals surface area (Å²) in [5, 5.41) is 2.31. The lowest BCUT2D eigenvalue weighted by atomic mass is 10.1. The highest BCUT2D eigenvalue weighted by Gasteiger charge is 2.05. The Labute approximate surface area is 94.2 Å². The summed E-state index contributed by atoms with van der Waals surface area (Å²) < 4.78 is 0. The Morgan fingerprint density at radius 1 is 1.07 bits per heavy atom. The maximum absolute atomic E-state index is 2.31. The molecule has 0 fully saturated rings. The van der Waals surface area contributed by atoms with E-state index < -0.39 is 0 Å². The predicted octanol–water partition coefficient (Wildman–Crippen LogP) is 4.16. The summed E-state index contributed by atoms with van der Waals surface area (Å²) in [5.41, 5.74) is 2.70. The van der Waals surface area contributed by atoms with Crippen LogP contribution in [0.25, 0.3) is 4.91 Å². The van der Waals surface area contributed by atoms with Crippen LogP contribution in [0.5, 0.6) is 0 Å². The van der Waals surface area contributed by atoms with Gasteiger partial charge in [0.1, 0.15) is 0 Å². The molecule has 0 bridgehead atoms. The molecule has 1 aliphatic heterocycles. The molecule has 0 spiro atoms. The molecule has 74 valence electrons. The second kappa shape index (κ2) is 4.94. The average molecular weight is 222 g/mol. The number of rotatable bonds is 1. The van der Waals surface area contributed by atoms with Gasteiger partial charge in [-0.25, -0.2) is 0 Å².